The Morgan fingerprint density at radius 3 is 2.59 bits per heavy atom. The smallest absolute Gasteiger partial charge is 0.419 e. The summed E-state index contributed by atoms with van der Waals surface area (Å²) in [6.07, 6.45) is 3.16. The molecule has 3 heterocycles. The molecule has 6 nitrogen and oxygen atoms in total. The molecule has 2 aromatic carbocycles. The van der Waals surface area contributed by atoms with Gasteiger partial charge in [-0.2, -0.15) is 0 Å². The van der Waals surface area contributed by atoms with E-state index in [2.05, 4.69) is 16.3 Å². The summed E-state index contributed by atoms with van der Waals surface area (Å²) in [7, 11) is 0. The number of halogens is 1. The quantitative estimate of drug-likeness (QED) is 0.560. The molecule has 1 fully saturated rings. The third-order valence-corrected chi connectivity index (χ3v) is 6.42. The SMILES string of the molecule is CC(C)(C)OC(=O)n1c(-c2cc(F)cc3c2C(=O)NC3)cc2cc(CN3CCCCC3)ccc21. The Morgan fingerprint density at radius 1 is 1.09 bits per heavy atom. The first-order chi connectivity index (χ1) is 16.2. The van der Waals surface area contributed by atoms with Crippen molar-refractivity contribution in [3.05, 3.63) is 58.9 Å². The summed E-state index contributed by atoms with van der Waals surface area (Å²) in [5.41, 5.74) is 2.96. The van der Waals surface area contributed by atoms with Crippen LogP contribution in [0.2, 0.25) is 0 Å². The van der Waals surface area contributed by atoms with Crippen LogP contribution in [0.25, 0.3) is 22.2 Å². The predicted octanol–water partition coefficient (Wildman–Crippen LogP) is 5.46. The Hall–Kier alpha value is -3.19. The lowest BCUT2D eigenvalue weighted by molar-refractivity contribution is 0.0547. The number of piperidine rings is 1. The van der Waals surface area contributed by atoms with Crippen molar-refractivity contribution in [1.82, 2.24) is 14.8 Å². The third kappa shape index (κ3) is 4.32. The number of hydrogen-bond acceptors (Lipinski definition) is 4. The molecule has 3 aromatic rings. The molecular formula is C27H30FN3O3. The topological polar surface area (TPSA) is 63.6 Å². The van der Waals surface area contributed by atoms with Gasteiger partial charge in [0.05, 0.1) is 16.8 Å². The molecule has 5 rings (SSSR count). The van der Waals surface area contributed by atoms with Crippen molar-refractivity contribution in [1.29, 1.82) is 0 Å². The number of rotatable bonds is 3. The van der Waals surface area contributed by atoms with Gasteiger partial charge in [-0.1, -0.05) is 12.5 Å². The first kappa shape index (κ1) is 22.6. The van der Waals surface area contributed by atoms with Gasteiger partial charge in [0.1, 0.15) is 11.4 Å². The Bertz CT molecular complexity index is 1280. The molecule has 34 heavy (non-hydrogen) atoms. The number of benzene rings is 2. The van der Waals surface area contributed by atoms with Crippen LogP contribution >= 0.6 is 0 Å². The Morgan fingerprint density at radius 2 is 1.85 bits per heavy atom. The van der Waals surface area contributed by atoms with Gasteiger partial charge in [-0.15, -0.1) is 0 Å². The molecule has 1 saturated heterocycles. The van der Waals surface area contributed by atoms with E-state index in [1.54, 1.807) is 20.8 Å². The number of fused-ring (bicyclic) bond motifs is 2. The lowest BCUT2D eigenvalue weighted by Crippen LogP contribution is -2.29. The van der Waals surface area contributed by atoms with E-state index in [0.29, 0.717) is 27.9 Å². The van der Waals surface area contributed by atoms with E-state index in [1.165, 1.54) is 36.0 Å². The molecule has 0 bridgehead atoms. The molecule has 0 aliphatic carbocycles. The maximum Gasteiger partial charge on any atom is 0.419 e. The second-order valence-corrected chi connectivity index (χ2v) is 10.2. The first-order valence-electron chi connectivity index (χ1n) is 11.9. The lowest BCUT2D eigenvalue weighted by Gasteiger charge is -2.26. The number of ether oxygens (including phenoxy) is 1. The summed E-state index contributed by atoms with van der Waals surface area (Å²) >= 11 is 0. The second-order valence-electron chi connectivity index (χ2n) is 10.2. The van der Waals surface area contributed by atoms with E-state index >= 15 is 0 Å². The van der Waals surface area contributed by atoms with E-state index in [4.69, 9.17) is 4.74 Å². The van der Waals surface area contributed by atoms with Crippen LogP contribution < -0.4 is 5.32 Å². The van der Waals surface area contributed by atoms with E-state index in [1.807, 2.05) is 18.2 Å². The van der Waals surface area contributed by atoms with Crippen LogP contribution in [0.15, 0.2) is 36.4 Å². The van der Waals surface area contributed by atoms with E-state index < -0.39 is 17.5 Å². The fourth-order valence-electron chi connectivity index (χ4n) is 4.98. The molecule has 0 radical (unpaired) electrons. The largest absolute Gasteiger partial charge is 0.443 e. The Kier molecular flexibility index (Phi) is 5.68. The van der Waals surface area contributed by atoms with Gasteiger partial charge in [-0.25, -0.2) is 13.8 Å². The van der Waals surface area contributed by atoms with Crippen LogP contribution in [-0.4, -0.2) is 40.2 Å². The molecule has 0 saturated carbocycles. The van der Waals surface area contributed by atoms with Crippen molar-refractivity contribution in [2.75, 3.05) is 13.1 Å². The monoisotopic (exact) mass is 463 g/mol. The molecule has 2 aliphatic rings. The number of likely N-dealkylation sites (tertiary alicyclic amines) is 1. The van der Waals surface area contributed by atoms with Crippen LogP contribution in [0.5, 0.6) is 0 Å². The summed E-state index contributed by atoms with van der Waals surface area (Å²) in [6, 6.07) is 10.6. The standard InChI is InChI=1S/C27H30FN3O3/c1-27(2,3)34-26(33)31-22-8-7-17(16-30-9-5-4-6-10-30)11-18(22)13-23(31)21-14-20(28)12-19-15-29-25(32)24(19)21/h7-8,11-14H,4-6,9-10,15-16H2,1-3H3,(H,29,32). The average molecular weight is 464 g/mol. The third-order valence-electron chi connectivity index (χ3n) is 6.42. The van der Waals surface area contributed by atoms with Crippen molar-refractivity contribution in [3.8, 4) is 11.3 Å². The second kappa shape index (κ2) is 8.55. The van der Waals surface area contributed by atoms with Crippen LogP contribution in [-0.2, 0) is 17.8 Å². The van der Waals surface area contributed by atoms with Crippen LogP contribution in [0, 0.1) is 5.82 Å². The maximum atomic E-state index is 14.5. The zero-order valence-corrected chi connectivity index (χ0v) is 19.9. The molecule has 7 heteroatoms. The molecule has 0 unspecified atom stereocenters. The van der Waals surface area contributed by atoms with Gasteiger partial charge in [-0.3, -0.25) is 9.69 Å². The highest BCUT2D eigenvalue weighted by Gasteiger charge is 2.29. The summed E-state index contributed by atoms with van der Waals surface area (Å²) in [6.45, 7) is 8.71. The van der Waals surface area contributed by atoms with E-state index in [0.717, 1.165) is 30.6 Å². The van der Waals surface area contributed by atoms with Crippen molar-refractivity contribution in [2.45, 2.75) is 58.7 Å². The number of nitrogens with one attached hydrogen (secondary N) is 1. The fourth-order valence-corrected chi connectivity index (χ4v) is 4.98. The van der Waals surface area contributed by atoms with Gasteiger partial charge in [0.15, 0.2) is 0 Å². The molecule has 2 aliphatic heterocycles. The van der Waals surface area contributed by atoms with Crippen LogP contribution in [0.3, 0.4) is 0 Å². The molecule has 0 spiro atoms. The molecular weight excluding hydrogens is 433 g/mol. The van der Waals surface area contributed by atoms with Crippen molar-refractivity contribution >= 4 is 22.9 Å². The highest BCUT2D eigenvalue weighted by atomic mass is 19.1. The first-order valence-corrected chi connectivity index (χ1v) is 11.9. The number of carbonyl (C=O) groups is 2. The normalized spacial score (nSPS) is 16.5. The Balaban J connectivity index is 1.65. The molecule has 1 N–H and O–H groups in total. The van der Waals surface area contributed by atoms with Crippen LogP contribution in [0.4, 0.5) is 9.18 Å². The highest BCUT2D eigenvalue weighted by Crippen LogP contribution is 2.35. The summed E-state index contributed by atoms with van der Waals surface area (Å²) in [5, 5.41) is 3.61. The van der Waals surface area contributed by atoms with Gasteiger partial charge in [0, 0.05) is 24.0 Å². The zero-order valence-electron chi connectivity index (χ0n) is 19.9. The van der Waals surface area contributed by atoms with Crippen molar-refractivity contribution < 1.29 is 18.7 Å². The average Bonchev–Trinajstić information content (AvgIpc) is 3.33. The van der Waals surface area contributed by atoms with Gasteiger partial charge in [-0.05, 0) is 88.2 Å². The van der Waals surface area contributed by atoms with Gasteiger partial charge in [0.25, 0.3) is 5.91 Å². The number of nitrogens with zero attached hydrogens (tertiary/aromatic N) is 2. The minimum Gasteiger partial charge on any atom is -0.443 e. The lowest BCUT2D eigenvalue weighted by atomic mass is 10.00. The molecule has 178 valence electrons. The zero-order chi connectivity index (χ0) is 24.0. The highest BCUT2D eigenvalue weighted by molar-refractivity contribution is 6.06. The summed E-state index contributed by atoms with van der Waals surface area (Å²) in [4.78, 5) is 28.4. The number of carbonyl (C=O) groups excluding carboxylic acids is 2. The van der Waals surface area contributed by atoms with Crippen molar-refractivity contribution in [2.24, 2.45) is 0 Å². The van der Waals surface area contributed by atoms with Crippen molar-refractivity contribution in [3.63, 3.8) is 0 Å². The van der Waals surface area contributed by atoms with E-state index in [-0.39, 0.29) is 12.5 Å². The number of amides is 1. The van der Waals surface area contributed by atoms with Crippen LogP contribution in [0.1, 0.15) is 61.5 Å². The summed E-state index contributed by atoms with van der Waals surface area (Å²) < 4.78 is 21.7. The minimum absolute atomic E-state index is 0.267. The van der Waals surface area contributed by atoms with Gasteiger partial charge < -0.3 is 10.1 Å². The summed E-state index contributed by atoms with van der Waals surface area (Å²) in [5.74, 6) is -0.714. The molecule has 1 aromatic heterocycles. The fraction of sp³-hybridized carbons (Fsp3) is 0.407. The maximum absolute atomic E-state index is 14.5. The van der Waals surface area contributed by atoms with Gasteiger partial charge in [0.2, 0.25) is 0 Å². The van der Waals surface area contributed by atoms with Gasteiger partial charge >= 0.3 is 6.09 Å². The molecule has 1 amide bonds. The minimum atomic E-state index is -0.708. The Labute approximate surface area is 198 Å². The number of hydrogen-bond donors (Lipinski definition) is 1. The van der Waals surface area contributed by atoms with E-state index in [9.17, 15) is 14.0 Å². The number of aromatic nitrogens is 1. The molecule has 0 atom stereocenters. The predicted molar refractivity (Wildman–Crippen MR) is 129 cm³/mol.